The van der Waals surface area contributed by atoms with Crippen molar-refractivity contribution in [3.8, 4) is 0 Å². The summed E-state index contributed by atoms with van der Waals surface area (Å²) in [7, 11) is 0. The minimum atomic E-state index is -2.04. The molecule has 6 saturated heterocycles. The molecule has 0 unspecified atom stereocenters. The largest absolute Gasteiger partial charge is 0.394 e. The van der Waals surface area contributed by atoms with Gasteiger partial charge in [0.05, 0.1) is 33.0 Å². The normalized spacial score (nSPS) is 55.6. The number of fused-ring (bicyclic) bond motifs is 8. The summed E-state index contributed by atoms with van der Waals surface area (Å²) in [6.45, 7) is -3.90. The molecule has 8 bridgehead atoms. The molecule has 6 heterocycles. The molecule has 6 aliphatic heterocycles. The summed E-state index contributed by atoms with van der Waals surface area (Å²) >= 11 is 0. The van der Waals surface area contributed by atoms with Gasteiger partial charge in [-0.25, -0.2) is 0 Å². The smallest absolute Gasteiger partial charge is 0.187 e. The lowest BCUT2D eigenvalue weighted by Crippen LogP contribution is -2.67. The lowest BCUT2D eigenvalue weighted by atomic mass is 9.96. The molecular formula is C30H50O25. The first-order valence-corrected chi connectivity index (χ1v) is 17.6. The second kappa shape index (κ2) is 18.1. The van der Waals surface area contributed by atoms with Crippen LogP contribution >= 0.6 is 0 Å². The van der Waals surface area contributed by atoms with Crippen molar-refractivity contribution in [2.45, 2.75) is 154 Å². The first-order chi connectivity index (χ1) is 26.1. The van der Waals surface area contributed by atoms with E-state index in [1.165, 1.54) is 0 Å². The van der Waals surface area contributed by atoms with Gasteiger partial charge in [-0.1, -0.05) is 0 Å². The maximum atomic E-state index is 11.4. The van der Waals surface area contributed by atoms with Crippen LogP contribution in [-0.2, 0) is 47.4 Å². The zero-order valence-electron chi connectivity index (χ0n) is 28.8. The van der Waals surface area contributed by atoms with Gasteiger partial charge in [0.2, 0.25) is 0 Å². The van der Waals surface area contributed by atoms with E-state index >= 15 is 0 Å². The van der Waals surface area contributed by atoms with Crippen LogP contribution in [0, 0.1) is 0 Å². The molecule has 25 atom stereocenters. The molecular weight excluding hydrogens is 760 g/mol. The van der Waals surface area contributed by atoms with Crippen molar-refractivity contribution >= 4 is 0 Å². The summed E-state index contributed by atoms with van der Waals surface area (Å²) < 4.78 is 56.0. The number of hydrogen-bond acceptors (Lipinski definition) is 25. The molecule has 0 saturated carbocycles. The summed E-state index contributed by atoms with van der Waals surface area (Å²) in [6, 6.07) is 0. The molecule has 25 nitrogen and oxygen atoms in total. The molecule has 0 amide bonds. The van der Waals surface area contributed by atoms with E-state index in [0.29, 0.717) is 0 Å². The van der Waals surface area contributed by atoms with Gasteiger partial charge in [0.15, 0.2) is 31.5 Å². The van der Waals surface area contributed by atoms with Crippen molar-refractivity contribution in [3.05, 3.63) is 0 Å². The second-order valence-electron chi connectivity index (χ2n) is 14.2. The van der Waals surface area contributed by atoms with Crippen molar-refractivity contribution in [3.63, 3.8) is 0 Å². The molecule has 0 aromatic rings. The fraction of sp³-hybridized carbons (Fsp3) is 1.00. The Kier molecular flexibility index (Phi) is 14.3. The maximum absolute atomic E-state index is 11.4. The fourth-order valence-electron chi connectivity index (χ4n) is 7.11. The van der Waals surface area contributed by atoms with Crippen LogP contribution in [0.2, 0.25) is 0 Å². The average molecular weight is 811 g/mol. The third-order valence-electron chi connectivity index (χ3n) is 10.5. The van der Waals surface area contributed by atoms with E-state index in [-0.39, 0.29) is 0 Å². The Labute approximate surface area is 310 Å². The summed E-state index contributed by atoms with van der Waals surface area (Å²) in [5.41, 5.74) is 0. The van der Waals surface area contributed by atoms with E-state index < -0.39 is 187 Å². The Morgan fingerprint density at radius 2 is 0.782 bits per heavy atom. The van der Waals surface area contributed by atoms with Crippen molar-refractivity contribution < 1.29 is 124 Å². The SMILES string of the molecule is OC[C@H]1O[C@H](OC[C@H]2O[C@@H]3OC[C@H]4O[C@H](O[C@@H]5[C@@H](O)[C@@H](OC[C@H]6O[C@H](O[C@H]([C@H]3O)[C@@H]2O)[C@H](O)[C@@H](O)[C@@H]6O)O[C@H](CO)[C@H]5O)[C@H](O)[C@@H](O)[C@@H]4O)[C@H](O)[C@@H](O)[C@@H]1O. The molecule has 0 aromatic carbocycles. The topological polar surface area (TPSA) is 396 Å². The molecule has 25 heteroatoms. The van der Waals surface area contributed by atoms with Crippen LogP contribution < -0.4 is 0 Å². The van der Waals surface area contributed by atoms with Crippen molar-refractivity contribution in [1.82, 2.24) is 0 Å². The number of rotatable bonds is 5. The molecule has 6 aliphatic rings. The number of aliphatic hydroxyl groups is 15. The standard InChI is InChI=1S/C30H50O25/c31-1-6-11(33)16(38)19(41)26(49-6)46-5-10-15(37)25-23(45)28(51-10)48-4-9-13(35)17(39)20(42)29(52-9)54-24-14(36)7(2-32)50-27(22(24)44)47-3-8-12(34)18(40)21(43)30(53-8)55-25/h6-45H,1-5H2/t6-,7-,8-,9-,10-,11-,12-,13-,14-,15-,16+,17+,18+,19-,20-,21-,22-,23-,24+,25+,26+,27+,28+,29-,30-/m1/s1. The van der Waals surface area contributed by atoms with Crippen LogP contribution in [0.4, 0.5) is 0 Å². The van der Waals surface area contributed by atoms with Gasteiger partial charge in [-0.05, 0) is 0 Å². The molecule has 6 fully saturated rings. The fourth-order valence-corrected chi connectivity index (χ4v) is 7.11. The highest BCUT2D eigenvalue weighted by molar-refractivity contribution is 4.98. The number of hydrogen-bond donors (Lipinski definition) is 15. The van der Waals surface area contributed by atoms with Crippen molar-refractivity contribution in [2.75, 3.05) is 33.0 Å². The first-order valence-electron chi connectivity index (χ1n) is 17.6. The molecule has 15 N–H and O–H groups in total. The first kappa shape index (κ1) is 43.6. The maximum Gasteiger partial charge on any atom is 0.187 e. The minimum absolute atomic E-state index is 0.742. The van der Waals surface area contributed by atoms with Crippen LogP contribution in [0.3, 0.4) is 0 Å². The van der Waals surface area contributed by atoms with Gasteiger partial charge < -0.3 is 124 Å². The Hall–Kier alpha value is -1.00. The van der Waals surface area contributed by atoms with Crippen molar-refractivity contribution in [1.29, 1.82) is 0 Å². The van der Waals surface area contributed by atoms with Gasteiger partial charge in [-0.2, -0.15) is 0 Å². The third kappa shape index (κ3) is 8.68. The van der Waals surface area contributed by atoms with Crippen LogP contribution in [0.1, 0.15) is 0 Å². The zero-order valence-corrected chi connectivity index (χ0v) is 28.8. The lowest BCUT2D eigenvalue weighted by molar-refractivity contribution is -0.385. The van der Waals surface area contributed by atoms with Crippen LogP contribution in [0.15, 0.2) is 0 Å². The number of aliphatic hydroxyl groups excluding tert-OH is 15. The van der Waals surface area contributed by atoms with Crippen molar-refractivity contribution in [2.24, 2.45) is 0 Å². The highest BCUT2D eigenvalue weighted by Gasteiger charge is 2.55. The van der Waals surface area contributed by atoms with Crippen LogP contribution in [0.5, 0.6) is 0 Å². The predicted molar refractivity (Wildman–Crippen MR) is 163 cm³/mol. The second-order valence-corrected chi connectivity index (χ2v) is 14.2. The summed E-state index contributed by atoms with van der Waals surface area (Å²) in [4.78, 5) is 0. The molecule has 0 aromatic heterocycles. The van der Waals surface area contributed by atoms with E-state index in [9.17, 15) is 76.6 Å². The van der Waals surface area contributed by atoms with E-state index in [1.54, 1.807) is 0 Å². The Morgan fingerprint density at radius 1 is 0.364 bits per heavy atom. The molecule has 6 rings (SSSR count). The van der Waals surface area contributed by atoms with Gasteiger partial charge in [0, 0.05) is 0 Å². The van der Waals surface area contributed by atoms with E-state index in [0.717, 1.165) is 0 Å². The summed E-state index contributed by atoms with van der Waals surface area (Å²) in [6.07, 6.45) is -45.4. The molecule has 0 aliphatic carbocycles. The Bertz CT molecular complexity index is 1220. The number of ether oxygens (including phenoxy) is 10. The van der Waals surface area contributed by atoms with E-state index in [1.807, 2.05) is 0 Å². The Morgan fingerprint density at radius 3 is 1.25 bits per heavy atom. The highest BCUT2D eigenvalue weighted by Crippen LogP contribution is 2.34. The highest BCUT2D eigenvalue weighted by atomic mass is 16.8. The minimum Gasteiger partial charge on any atom is -0.394 e. The van der Waals surface area contributed by atoms with E-state index in [4.69, 9.17) is 47.4 Å². The quantitative estimate of drug-likeness (QED) is 0.123. The average Bonchev–Trinajstić information content (AvgIpc) is 3.17. The van der Waals surface area contributed by atoms with Gasteiger partial charge in [0.25, 0.3) is 0 Å². The molecule has 320 valence electrons. The monoisotopic (exact) mass is 810 g/mol. The van der Waals surface area contributed by atoms with Gasteiger partial charge in [0.1, 0.15) is 122 Å². The van der Waals surface area contributed by atoms with Crippen LogP contribution in [-0.4, -0.2) is 263 Å². The predicted octanol–water partition coefficient (Wildman–Crippen LogP) is -10.9. The molecule has 0 spiro atoms. The summed E-state index contributed by atoms with van der Waals surface area (Å²) in [5, 5.41) is 159. The zero-order chi connectivity index (χ0) is 40.0. The van der Waals surface area contributed by atoms with Gasteiger partial charge in [-0.3, -0.25) is 0 Å². The summed E-state index contributed by atoms with van der Waals surface area (Å²) in [5.74, 6) is 0. The lowest BCUT2D eigenvalue weighted by Gasteiger charge is -2.48. The molecule has 0 radical (unpaired) electrons. The van der Waals surface area contributed by atoms with Crippen LogP contribution in [0.25, 0.3) is 0 Å². The van der Waals surface area contributed by atoms with E-state index in [2.05, 4.69) is 0 Å². The molecule has 55 heavy (non-hydrogen) atoms. The van der Waals surface area contributed by atoms with Gasteiger partial charge in [-0.15, -0.1) is 0 Å². The Balaban J connectivity index is 1.29. The van der Waals surface area contributed by atoms with Gasteiger partial charge >= 0.3 is 0 Å². The third-order valence-corrected chi connectivity index (χ3v) is 10.5.